The Morgan fingerprint density at radius 2 is 1.95 bits per heavy atom. The van der Waals surface area contributed by atoms with E-state index in [0.717, 1.165) is 29.8 Å². The maximum atomic E-state index is 5.92. The van der Waals surface area contributed by atoms with E-state index >= 15 is 0 Å². The molecule has 2 saturated carbocycles. The molecule has 0 radical (unpaired) electrons. The van der Waals surface area contributed by atoms with E-state index in [0.29, 0.717) is 6.54 Å². The Hall–Kier alpha value is -1.32. The molecule has 1 aromatic carbocycles. The molecule has 0 amide bonds. The minimum atomic E-state index is 0.492. The minimum absolute atomic E-state index is 0.492. The third-order valence-electron chi connectivity index (χ3n) is 4.58. The van der Waals surface area contributed by atoms with Crippen molar-refractivity contribution in [2.75, 3.05) is 6.54 Å². The lowest BCUT2D eigenvalue weighted by Crippen LogP contribution is -2.28. The summed E-state index contributed by atoms with van der Waals surface area (Å²) in [6, 6.07) is 9.12. The molecule has 0 spiro atoms. The molecular formula is C17H22N2O. The number of rotatable bonds is 6. The molecular weight excluding hydrogens is 248 g/mol. The molecule has 2 aromatic rings. The number of para-hydroxylation sites is 1. The number of hydrogen-bond donors (Lipinski definition) is 1. The SMILES string of the molecule is NCc1oc2ccccc2c1CN(CC1CC1)C1CC1. The number of benzene rings is 1. The molecule has 0 atom stereocenters. The standard InChI is InChI=1S/C17H22N2O/c18-9-17-15(14-3-1-2-4-16(14)20-17)11-19(13-7-8-13)10-12-5-6-12/h1-4,12-13H,5-11,18H2. The van der Waals surface area contributed by atoms with Crippen LogP contribution in [0.4, 0.5) is 0 Å². The number of furan rings is 1. The number of fused-ring (bicyclic) bond motifs is 1. The molecule has 20 heavy (non-hydrogen) atoms. The van der Waals surface area contributed by atoms with E-state index in [2.05, 4.69) is 17.0 Å². The Kier molecular flexibility index (Phi) is 3.04. The zero-order chi connectivity index (χ0) is 13.5. The molecule has 0 bridgehead atoms. The molecule has 1 heterocycles. The predicted molar refractivity (Wildman–Crippen MR) is 80.3 cm³/mol. The summed E-state index contributed by atoms with van der Waals surface area (Å²) < 4.78 is 5.92. The van der Waals surface area contributed by atoms with Crippen molar-refractivity contribution in [2.45, 2.75) is 44.8 Å². The molecule has 2 aliphatic rings. The smallest absolute Gasteiger partial charge is 0.134 e. The van der Waals surface area contributed by atoms with Gasteiger partial charge in [0.25, 0.3) is 0 Å². The van der Waals surface area contributed by atoms with Crippen molar-refractivity contribution in [3.8, 4) is 0 Å². The van der Waals surface area contributed by atoms with Crippen LogP contribution in [0, 0.1) is 5.92 Å². The number of hydrogen-bond acceptors (Lipinski definition) is 3. The molecule has 2 aliphatic carbocycles. The van der Waals surface area contributed by atoms with Crippen molar-refractivity contribution in [1.82, 2.24) is 4.90 Å². The highest BCUT2D eigenvalue weighted by molar-refractivity contribution is 5.82. The van der Waals surface area contributed by atoms with Gasteiger partial charge in [0.15, 0.2) is 0 Å². The van der Waals surface area contributed by atoms with Gasteiger partial charge in [-0.15, -0.1) is 0 Å². The van der Waals surface area contributed by atoms with E-state index in [1.54, 1.807) is 0 Å². The van der Waals surface area contributed by atoms with Crippen molar-refractivity contribution in [1.29, 1.82) is 0 Å². The van der Waals surface area contributed by atoms with Gasteiger partial charge in [-0.05, 0) is 37.7 Å². The highest BCUT2D eigenvalue weighted by atomic mass is 16.3. The van der Waals surface area contributed by atoms with Crippen molar-refractivity contribution < 1.29 is 4.42 Å². The van der Waals surface area contributed by atoms with E-state index in [4.69, 9.17) is 10.2 Å². The lowest BCUT2D eigenvalue weighted by molar-refractivity contribution is 0.243. The van der Waals surface area contributed by atoms with E-state index < -0.39 is 0 Å². The largest absolute Gasteiger partial charge is 0.459 e. The van der Waals surface area contributed by atoms with Crippen molar-refractivity contribution in [2.24, 2.45) is 11.7 Å². The topological polar surface area (TPSA) is 42.4 Å². The van der Waals surface area contributed by atoms with Gasteiger partial charge in [-0.3, -0.25) is 4.90 Å². The Morgan fingerprint density at radius 1 is 1.15 bits per heavy atom. The van der Waals surface area contributed by atoms with Crippen LogP contribution in [0.3, 0.4) is 0 Å². The highest BCUT2D eigenvalue weighted by Crippen LogP contribution is 2.37. The predicted octanol–water partition coefficient (Wildman–Crippen LogP) is 3.27. The average Bonchev–Trinajstić information content (AvgIpc) is 3.36. The second-order valence-electron chi connectivity index (χ2n) is 6.31. The van der Waals surface area contributed by atoms with Crippen LogP contribution in [0.2, 0.25) is 0 Å². The van der Waals surface area contributed by atoms with Gasteiger partial charge in [0.05, 0.1) is 6.54 Å². The van der Waals surface area contributed by atoms with Gasteiger partial charge in [0, 0.05) is 30.1 Å². The van der Waals surface area contributed by atoms with Crippen LogP contribution in [0.15, 0.2) is 28.7 Å². The fourth-order valence-corrected chi connectivity index (χ4v) is 3.11. The van der Waals surface area contributed by atoms with Crippen LogP contribution in [0.5, 0.6) is 0 Å². The van der Waals surface area contributed by atoms with Crippen molar-refractivity contribution >= 4 is 11.0 Å². The summed E-state index contributed by atoms with van der Waals surface area (Å²) in [6.45, 7) is 2.75. The van der Waals surface area contributed by atoms with Gasteiger partial charge in [-0.2, -0.15) is 0 Å². The van der Waals surface area contributed by atoms with Gasteiger partial charge in [-0.1, -0.05) is 18.2 Å². The maximum Gasteiger partial charge on any atom is 0.134 e. The summed E-state index contributed by atoms with van der Waals surface area (Å²) in [5.74, 6) is 1.91. The first-order valence-electron chi connectivity index (χ1n) is 7.78. The molecule has 0 aliphatic heterocycles. The quantitative estimate of drug-likeness (QED) is 0.876. The zero-order valence-electron chi connectivity index (χ0n) is 11.8. The molecule has 0 unspecified atom stereocenters. The monoisotopic (exact) mass is 270 g/mol. The zero-order valence-corrected chi connectivity index (χ0v) is 11.8. The second kappa shape index (κ2) is 4.90. The fraction of sp³-hybridized carbons (Fsp3) is 0.529. The summed E-state index contributed by atoms with van der Waals surface area (Å²) in [4.78, 5) is 2.66. The first-order valence-corrected chi connectivity index (χ1v) is 7.78. The van der Waals surface area contributed by atoms with E-state index in [9.17, 15) is 0 Å². The third kappa shape index (κ3) is 2.36. The Labute approximate surface area is 119 Å². The van der Waals surface area contributed by atoms with Crippen LogP contribution in [0.1, 0.15) is 37.0 Å². The van der Waals surface area contributed by atoms with E-state index in [1.165, 1.54) is 43.2 Å². The second-order valence-corrected chi connectivity index (χ2v) is 6.31. The lowest BCUT2D eigenvalue weighted by Gasteiger charge is -2.21. The number of nitrogens with two attached hydrogens (primary N) is 1. The summed E-state index contributed by atoms with van der Waals surface area (Å²) >= 11 is 0. The summed E-state index contributed by atoms with van der Waals surface area (Å²) in [5.41, 5.74) is 8.18. The van der Waals surface area contributed by atoms with Gasteiger partial charge in [-0.25, -0.2) is 0 Å². The van der Waals surface area contributed by atoms with Crippen LogP contribution in [-0.2, 0) is 13.1 Å². The molecule has 0 saturated heterocycles. The summed E-state index contributed by atoms with van der Waals surface area (Å²) in [5, 5.41) is 1.24. The maximum absolute atomic E-state index is 5.92. The molecule has 3 heteroatoms. The summed E-state index contributed by atoms with van der Waals surface area (Å²) in [6.07, 6.45) is 5.55. The van der Waals surface area contributed by atoms with Crippen LogP contribution in [0.25, 0.3) is 11.0 Å². The Bertz CT molecular complexity index is 610. The van der Waals surface area contributed by atoms with Crippen LogP contribution in [-0.4, -0.2) is 17.5 Å². The first kappa shape index (κ1) is 12.4. The third-order valence-corrected chi connectivity index (χ3v) is 4.58. The van der Waals surface area contributed by atoms with E-state index in [-0.39, 0.29) is 0 Å². The van der Waals surface area contributed by atoms with Crippen LogP contribution < -0.4 is 5.73 Å². The molecule has 3 nitrogen and oxygen atoms in total. The minimum Gasteiger partial charge on any atom is -0.459 e. The molecule has 106 valence electrons. The van der Waals surface area contributed by atoms with Gasteiger partial charge in [0.1, 0.15) is 11.3 Å². The molecule has 2 fully saturated rings. The first-order chi connectivity index (χ1) is 9.85. The molecule has 2 N–H and O–H groups in total. The van der Waals surface area contributed by atoms with Gasteiger partial charge >= 0.3 is 0 Å². The van der Waals surface area contributed by atoms with Crippen molar-refractivity contribution in [3.63, 3.8) is 0 Å². The molecule has 4 rings (SSSR count). The Balaban J connectivity index is 1.65. The molecule has 1 aromatic heterocycles. The average molecular weight is 270 g/mol. The highest BCUT2D eigenvalue weighted by Gasteiger charge is 2.34. The van der Waals surface area contributed by atoms with Crippen molar-refractivity contribution in [3.05, 3.63) is 35.6 Å². The van der Waals surface area contributed by atoms with Crippen LogP contribution >= 0.6 is 0 Å². The normalized spacial score (nSPS) is 19.1. The fourth-order valence-electron chi connectivity index (χ4n) is 3.11. The Morgan fingerprint density at radius 3 is 2.65 bits per heavy atom. The number of nitrogens with zero attached hydrogens (tertiary/aromatic N) is 1. The van der Waals surface area contributed by atoms with E-state index in [1.807, 2.05) is 12.1 Å². The lowest BCUT2D eigenvalue weighted by atomic mass is 10.1. The summed E-state index contributed by atoms with van der Waals surface area (Å²) in [7, 11) is 0. The van der Waals surface area contributed by atoms with Gasteiger partial charge < -0.3 is 10.2 Å². The van der Waals surface area contributed by atoms with Gasteiger partial charge in [0.2, 0.25) is 0 Å².